The third-order valence-corrected chi connectivity index (χ3v) is 3.55. The number of amides is 1. The maximum absolute atomic E-state index is 14.0. The standard InChI is InChI=1S/C13H12FN3O3/c14-13(12(19)20)4-6-16(8-13)11(18)9-7-15-17-5-2-1-3-10(9)17/h1-3,5,7H,4,6,8H2,(H,19,20). The van der Waals surface area contributed by atoms with Gasteiger partial charge in [0, 0.05) is 19.2 Å². The fourth-order valence-corrected chi connectivity index (χ4v) is 2.39. The van der Waals surface area contributed by atoms with Gasteiger partial charge in [-0.3, -0.25) is 4.79 Å². The summed E-state index contributed by atoms with van der Waals surface area (Å²) in [6.07, 6.45) is 2.93. The van der Waals surface area contributed by atoms with Gasteiger partial charge in [0.1, 0.15) is 0 Å². The molecular formula is C13H12FN3O3. The lowest BCUT2D eigenvalue weighted by Crippen LogP contribution is -2.38. The zero-order valence-electron chi connectivity index (χ0n) is 10.5. The van der Waals surface area contributed by atoms with Crippen molar-refractivity contribution in [2.45, 2.75) is 12.1 Å². The van der Waals surface area contributed by atoms with Crippen LogP contribution in [0, 0.1) is 0 Å². The number of carboxylic acids is 1. The first kappa shape index (κ1) is 12.6. The van der Waals surface area contributed by atoms with Gasteiger partial charge in [0.15, 0.2) is 0 Å². The van der Waals surface area contributed by atoms with E-state index in [0.717, 1.165) is 0 Å². The topological polar surface area (TPSA) is 74.9 Å². The number of likely N-dealkylation sites (tertiary alicyclic amines) is 1. The fraction of sp³-hybridized carbons (Fsp3) is 0.308. The van der Waals surface area contributed by atoms with Crippen LogP contribution in [-0.2, 0) is 4.79 Å². The number of fused-ring (bicyclic) bond motifs is 1. The molecule has 1 unspecified atom stereocenters. The summed E-state index contributed by atoms with van der Waals surface area (Å²) in [6, 6.07) is 5.28. The van der Waals surface area contributed by atoms with Crippen LogP contribution in [-0.4, -0.2) is 50.3 Å². The second-order valence-corrected chi connectivity index (χ2v) is 4.84. The minimum Gasteiger partial charge on any atom is -0.479 e. The van der Waals surface area contributed by atoms with Crippen LogP contribution in [0.5, 0.6) is 0 Å². The van der Waals surface area contributed by atoms with E-state index < -0.39 is 24.1 Å². The Bertz CT molecular complexity index is 699. The summed E-state index contributed by atoms with van der Waals surface area (Å²) in [4.78, 5) is 24.4. The summed E-state index contributed by atoms with van der Waals surface area (Å²) in [5.41, 5.74) is -1.39. The van der Waals surface area contributed by atoms with E-state index in [-0.39, 0.29) is 13.0 Å². The van der Waals surface area contributed by atoms with E-state index in [1.54, 1.807) is 28.9 Å². The van der Waals surface area contributed by atoms with Gasteiger partial charge in [-0.05, 0) is 12.1 Å². The van der Waals surface area contributed by atoms with Gasteiger partial charge in [0.05, 0.1) is 23.8 Å². The first-order valence-electron chi connectivity index (χ1n) is 6.15. The maximum atomic E-state index is 14.0. The van der Waals surface area contributed by atoms with Crippen molar-refractivity contribution in [3.8, 4) is 0 Å². The van der Waals surface area contributed by atoms with E-state index in [2.05, 4.69) is 5.10 Å². The Morgan fingerprint density at radius 2 is 2.20 bits per heavy atom. The smallest absolute Gasteiger partial charge is 0.343 e. The van der Waals surface area contributed by atoms with Crippen LogP contribution in [0.15, 0.2) is 30.6 Å². The number of carboxylic acid groups (broad SMARTS) is 1. The van der Waals surface area contributed by atoms with Crippen molar-refractivity contribution in [1.29, 1.82) is 0 Å². The molecule has 0 spiro atoms. The molecule has 0 radical (unpaired) electrons. The number of rotatable bonds is 2. The molecule has 7 heteroatoms. The van der Waals surface area contributed by atoms with Crippen molar-refractivity contribution in [1.82, 2.24) is 14.5 Å². The molecule has 1 N–H and O–H groups in total. The molecule has 0 aliphatic carbocycles. The Balaban J connectivity index is 1.89. The number of hydrogen-bond acceptors (Lipinski definition) is 3. The van der Waals surface area contributed by atoms with Crippen molar-refractivity contribution in [2.75, 3.05) is 13.1 Å². The van der Waals surface area contributed by atoms with Gasteiger partial charge >= 0.3 is 5.97 Å². The number of hydrogen-bond donors (Lipinski definition) is 1. The molecule has 1 saturated heterocycles. The van der Waals surface area contributed by atoms with Crippen LogP contribution in [0.25, 0.3) is 5.52 Å². The molecule has 1 atom stereocenters. The van der Waals surface area contributed by atoms with Crippen molar-refractivity contribution in [3.63, 3.8) is 0 Å². The van der Waals surface area contributed by atoms with Gasteiger partial charge in [-0.2, -0.15) is 5.10 Å². The average Bonchev–Trinajstić information content (AvgIpc) is 3.03. The van der Waals surface area contributed by atoms with Gasteiger partial charge < -0.3 is 10.0 Å². The van der Waals surface area contributed by atoms with E-state index in [0.29, 0.717) is 11.1 Å². The number of nitrogens with zero attached hydrogens (tertiary/aromatic N) is 3. The Morgan fingerprint density at radius 3 is 2.90 bits per heavy atom. The highest BCUT2D eigenvalue weighted by Gasteiger charge is 2.47. The van der Waals surface area contributed by atoms with Crippen molar-refractivity contribution >= 4 is 17.4 Å². The summed E-state index contributed by atoms with van der Waals surface area (Å²) in [5.74, 6) is -1.92. The number of alkyl halides is 1. The van der Waals surface area contributed by atoms with Crippen molar-refractivity contribution in [2.24, 2.45) is 0 Å². The van der Waals surface area contributed by atoms with E-state index in [9.17, 15) is 14.0 Å². The van der Waals surface area contributed by atoms with Crippen molar-refractivity contribution in [3.05, 3.63) is 36.2 Å². The van der Waals surface area contributed by atoms with Crippen LogP contribution in [0.1, 0.15) is 16.8 Å². The summed E-state index contributed by atoms with van der Waals surface area (Å²) >= 11 is 0. The number of aromatic nitrogens is 2. The van der Waals surface area contributed by atoms with Crippen LogP contribution >= 0.6 is 0 Å². The SMILES string of the molecule is O=C(c1cnn2ccccc12)N1CCC(F)(C(=O)O)C1. The molecular weight excluding hydrogens is 265 g/mol. The highest BCUT2D eigenvalue weighted by Crippen LogP contribution is 2.27. The highest BCUT2D eigenvalue weighted by atomic mass is 19.1. The van der Waals surface area contributed by atoms with Crippen LogP contribution in [0.4, 0.5) is 4.39 Å². The Labute approximate surface area is 113 Å². The monoisotopic (exact) mass is 277 g/mol. The molecule has 20 heavy (non-hydrogen) atoms. The first-order chi connectivity index (χ1) is 9.51. The molecule has 0 aromatic carbocycles. The number of pyridine rings is 1. The molecule has 1 fully saturated rings. The molecule has 2 aromatic heterocycles. The normalized spacial score (nSPS) is 22.4. The molecule has 6 nitrogen and oxygen atoms in total. The molecule has 1 amide bonds. The lowest BCUT2D eigenvalue weighted by molar-refractivity contribution is -0.149. The number of carbonyl (C=O) groups is 2. The van der Waals surface area contributed by atoms with Gasteiger partial charge in [-0.15, -0.1) is 0 Å². The van der Waals surface area contributed by atoms with E-state index >= 15 is 0 Å². The molecule has 1 aliphatic rings. The minimum absolute atomic E-state index is 0.0891. The first-order valence-corrected chi connectivity index (χ1v) is 6.15. The van der Waals surface area contributed by atoms with Gasteiger partial charge in [0.2, 0.25) is 5.67 Å². The summed E-state index contributed by atoms with van der Waals surface area (Å²) in [7, 11) is 0. The predicted molar refractivity (Wildman–Crippen MR) is 67.2 cm³/mol. The number of aliphatic carboxylic acids is 1. The van der Waals surface area contributed by atoms with Gasteiger partial charge in [0.25, 0.3) is 5.91 Å². The zero-order valence-corrected chi connectivity index (χ0v) is 10.5. The van der Waals surface area contributed by atoms with Crippen LogP contribution in [0.3, 0.4) is 0 Å². The molecule has 0 saturated carbocycles. The third-order valence-electron chi connectivity index (χ3n) is 3.55. The van der Waals surface area contributed by atoms with Gasteiger partial charge in [-0.25, -0.2) is 13.7 Å². The Morgan fingerprint density at radius 1 is 1.40 bits per heavy atom. The van der Waals surface area contributed by atoms with Crippen LogP contribution < -0.4 is 0 Å². The molecule has 3 heterocycles. The number of halogens is 1. The van der Waals surface area contributed by atoms with Gasteiger partial charge in [-0.1, -0.05) is 6.07 Å². The molecule has 104 valence electrons. The lowest BCUT2D eigenvalue weighted by Gasteiger charge is -2.17. The fourth-order valence-electron chi connectivity index (χ4n) is 2.39. The minimum atomic E-state index is -2.35. The quantitative estimate of drug-likeness (QED) is 0.887. The molecule has 3 rings (SSSR count). The molecule has 1 aliphatic heterocycles. The van der Waals surface area contributed by atoms with E-state index in [1.807, 2.05) is 0 Å². The second-order valence-electron chi connectivity index (χ2n) is 4.84. The largest absolute Gasteiger partial charge is 0.479 e. The summed E-state index contributed by atoms with van der Waals surface area (Å²) < 4.78 is 15.5. The predicted octanol–water partition coefficient (Wildman–Crippen LogP) is 0.973. The van der Waals surface area contributed by atoms with Crippen LogP contribution in [0.2, 0.25) is 0 Å². The van der Waals surface area contributed by atoms with E-state index in [1.165, 1.54) is 11.1 Å². The average molecular weight is 277 g/mol. The number of carbonyl (C=O) groups excluding carboxylic acids is 1. The lowest BCUT2D eigenvalue weighted by atomic mass is 10.1. The molecule has 2 aromatic rings. The highest BCUT2D eigenvalue weighted by molar-refractivity contribution is 6.01. The summed E-state index contributed by atoms with van der Waals surface area (Å²) in [6.45, 7) is -0.336. The third kappa shape index (κ3) is 1.82. The Hall–Kier alpha value is -2.44. The Kier molecular flexibility index (Phi) is 2.70. The summed E-state index contributed by atoms with van der Waals surface area (Å²) in [5, 5.41) is 12.9. The van der Waals surface area contributed by atoms with Crippen molar-refractivity contribution < 1.29 is 19.1 Å². The second kappa shape index (κ2) is 4.29. The maximum Gasteiger partial charge on any atom is 0.343 e. The zero-order chi connectivity index (χ0) is 14.3. The molecule has 0 bridgehead atoms. The van der Waals surface area contributed by atoms with E-state index in [4.69, 9.17) is 5.11 Å².